The van der Waals surface area contributed by atoms with E-state index in [4.69, 9.17) is 4.74 Å². The average Bonchev–Trinajstić information content (AvgIpc) is 2.46. The third-order valence-corrected chi connectivity index (χ3v) is 2.07. The number of alkyl carbamates (subject to hydrolysis) is 1. The first-order chi connectivity index (χ1) is 4.81. The van der Waals surface area contributed by atoms with Crippen molar-refractivity contribution in [2.24, 2.45) is 0 Å². The lowest BCUT2D eigenvalue weighted by Crippen LogP contribution is -2.35. The molecule has 0 bridgehead atoms. The van der Waals surface area contributed by atoms with E-state index in [1.807, 2.05) is 0 Å². The monoisotopic (exact) mass is 142 g/mol. The molecule has 0 unspecified atom stereocenters. The van der Waals surface area contributed by atoms with Gasteiger partial charge >= 0.3 is 6.09 Å². The van der Waals surface area contributed by atoms with Gasteiger partial charge in [-0.15, -0.1) is 0 Å². The highest BCUT2D eigenvalue weighted by Gasteiger charge is 2.42. The molecule has 2 heterocycles. The van der Waals surface area contributed by atoms with Crippen molar-refractivity contribution in [1.82, 2.24) is 10.6 Å². The van der Waals surface area contributed by atoms with Gasteiger partial charge in [0.25, 0.3) is 0 Å². The van der Waals surface area contributed by atoms with Crippen LogP contribution in [0.1, 0.15) is 6.42 Å². The Hall–Kier alpha value is -0.770. The fourth-order valence-electron chi connectivity index (χ4n) is 1.46. The number of rotatable bonds is 0. The predicted octanol–water partition coefficient (Wildman–Crippen LogP) is -0.542. The minimum absolute atomic E-state index is 0.211. The summed E-state index contributed by atoms with van der Waals surface area (Å²) in [5.74, 6) is 0. The second kappa shape index (κ2) is 1.85. The quantitative estimate of drug-likeness (QED) is 0.477. The lowest BCUT2D eigenvalue weighted by atomic mass is 10.1. The Labute approximate surface area is 58.9 Å². The van der Waals surface area contributed by atoms with Crippen LogP contribution < -0.4 is 10.6 Å². The van der Waals surface area contributed by atoms with Crippen molar-refractivity contribution >= 4 is 6.09 Å². The van der Waals surface area contributed by atoms with Gasteiger partial charge in [-0.25, -0.2) is 4.79 Å². The van der Waals surface area contributed by atoms with Crippen LogP contribution in [0.3, 0.4) is 0 Å². The Bertz CT molecular complexity index is 163. The topological polar surface area (TPSA) is 50.4 Å². The van der Waals surface area contributed by atoms with E-state index < -0.39 is 0 Å². The van der Waals surface area contributed by atoms with Gasteiger partial charge in [-0.1, -0.05) is 0 Å². The van der Waals surface area contributed by atoms with Crippen LogP contribution in [-0.4, -0.2) is 31.3 Å². The zero-order valence-corrected chi connectivity index (χ0v) is 5.64. The van der Waals surface area contributed by atoms with Crippen LogP contribution in [0.25, 0.3) is 0 Å². The summed E-state index contributed by atoms with van der Waals surface area (Å²) in [4.78, 5) is 10.6. The molecule has 1 atom stereocenters. The van der Waals surface area contributed by atoms with E-state index in [-0.39, 0.29) is 11.7 Å². The van der Waals surface area contributed by atoms with Crippen LogP contribution in [-0.2, 0) is 4.74 Å². The molecular weight excluding hydrogens is 132 g/mol. The minimum Gasteiger partial charge on any atom is -0.440 e. The molecule has 2 N–H and O–H groups in total. The van der Waals surface area contributed by atoms with Crippen LogP contribution in [0, 0.1) is 0 Å². The number of carbonyl (C=O) groups excluding carboxylic acids is 1. The van der Waals surface area contributed by atoms with Gasteiger partial charge < -0.3 is 15.4 Å². The van der Waals surface area contributed by atoms with E-state index in [0.29, 0.717) is 6.54 Å². The van der Waals surface area contributed by atoms with Crippen LogP contribution in [0.15, 0.2) is 0 Å². The lowest BCUT2D eigenvalue weighted by Gasteiger charge is -2.17. The SMILES string of the molecule is O=C1NC[C@]2(CCNC2)O1. The molecule has 1 amide bonds. The van der Waals surface area contributed by atoms with Crippen molar-refractivity contribution < 1.29 is 9.53 Å². The molecular formula is C6H10N2O2. The van der Waals surface area contributed by atoms with E-state index in [1.165, 1.54) is 0 Å². The Morgan fingerprint density at radius 2 is 2.40 bits per heavy atom. The molecule has 4 nitrogen and oxygen atoms in total. The van der Waals surface area contributed by atoms with Gasteiger partial charge in [-0.05, 0) is 6.54 Å². The zero-order valence-electron chi connectivity index (χ0n) is 5.64. The summed E-state index contributed by atoms with van der Waals surface area (Å²) in [6.07, 6.45) is 0.662. The summed E-state index contributed by atoms with van der Waals surface area (Å²) >= 11 is 0. The molecule has 0 radical (unpaired) electrons. The third-order valence-electron chi connectivity index (χ3n) is 2.07. The summed E-state index contributed by atoms with van der Waals surface area (Å²) < 4.78 is 5.10. The lowest BCUT2D eigenvalue weighted by molar-refractivity contribution is 0.0732. The van der Waals surface area contributed by atoms with E-state index in [9.17, 15) is 4.79 Å². The van der Waals surface area contributed by atoms with E-state index in [1.54, 1.807) is 0 Å². The fraction of sp³-hybridized carbons (Fsp3) is 0.833. The smallest absolute Gasteiger partial charge is 0.407 e. The molecule has 2 aliphatic rings. The first kappa shape index (κ1) is 5.97. The summed E-state index contributed by atoms with van der Waals surface area (Å²) in [6, 6.07) is 0. The molecule has 4 heteroatoms. The molecule has 56 valence electrons. The average molecular weight is 142 g/mol. The van der Waals surface area contributed by atoms with Crippen molar-refractivity contribution in [3.8, 4) is 0 Å². The molecule has 1 spiro atoms. The highest BCUT2D eigenvalue weighted by molar-refractivity contribution is 5.70. The van der Waals surface area contributed by atoms with Crippen molar-refractivity contribution in [2.75, 3.05) is 19.6 Å². The zero-order chi connectivity index (χ0) is 7.03. The summed E-state index contributed by atoms with van der Waals surface area (Å²) in [6.45, 7) is 2.42. The summed E-state index contributed by atoms with van der Waals surface area (Å²) in [7, 11) is 0. The van der Waals surface area contributed by atoms with Gasteiger partial charge in [0.05, 0.1) is 6.54 Å². The number of hydrogen-bond donors (Lipinski definition) is 2. The van der Waals surface area contributed by atoms with Gasteiger partial charge in [0.1, 0.15) is 5.60 Å². The number of nitrogens with one attached hydrogen (secondary N) is 2. The van der Waals surface area contributed by atoms with Gasteiger partial charge in [-0.2, -0.15) is 0 Å². The van der Waals surface area contributed by atoms with Crippen LogP contribution in [0.2, 0.25) is 0 Å². The Kier molecular flexibility index (Phi) is 1.11. The summed E-state index contributed by atoms with van der Waals surface area (Å²) in [5.41, 5.74) is -0.211. The normalized spacial score (nSPS) is 38.2. The van der Waals surface area contributed by atoms with Crippen molar-refractivity contribution in [3.05, 3.63) is 0 Å². The van der Waals surface area contributed by atoms with E-state index in [2.05, 4.69) is 10.6 Å². The standard InChI is InChI=1S/C6H10N2O2/c9-5-8-4-6(10-5)1-2-7-3-6/h7H,1-4H2,(H,8,9)/t6-/m1/s1. The molecule has 0 aliphatic carbocycles. The highest BCUT2D eigenvalue weighted by atomic mass is 16.6. The Morgan fingerprint density at radius 1 is 1.50 bits per heavy atom. The molecule has 0 aromatic rings. The molecule has 10 heavy (non-hydrogen) atoms. The largest absolute Gasteiger partial charge is 0.440 e. The number of carbonyl (C=O) groups is 1. The molecule has 2 rings (SSSR count). The van der Waals surface area contributed by atoms with E-state index in [0.717, 1.165) is 19.5 Å². The molecule has 2 saturated heterocycles. The minimum atomic E-state index is -0.274. The van der Waals surface area contributed by atoms with Crippen molar-refractivity contribution in [1.29, 1.82) is 0 Å². The Balaban J connectivity index is 2.09. The van der Waals surface area contributed by atoms with Crippen LogP contribution >= 0.6 is 0 Å². The van der Waals surface area contributed by atoms with Crippen LogP contribution in [0.5, 0.6) is 0 Å². The second-order valence-corrected chi connectivity index (χ2v) is 2.85. The maximum atomic E-state index is 10.6. The summed E-state index contributed by atoms with van der Waals surface area (Å²) in [5, 5.41) is 5.81. The molecule has 0 aromatic heterocycles. The van der Waals surface area contributed by atoms with Gasteiger partial charge in [0, 0.05) is 13.0 Å². The van der Waals surface area contributed by atoms with Gasteiger partial charge in [0.2, 0.25) is 0 Å². The molecule has 2 fully saturated rings. The fourth-order valence-corrected chi connectivity index (χ4v) is 1.46. The van der Waals surface area contributed by atoms with Crippen molar-refractivity contribution in [3.63, 3.8) is 0 Å². The van der Waals surface area contributed by atoms with Crippen LogP contribution in [0.4, 0.5) is 4.79 Å². The first-order valence-electron chi connectivity index (χ1n) is 3.48. The third kappa shape index (κ3) is 0.759. The Morgan fingerprint density at radius 3 is 2.90 bits per heavy atom. The maximum absolute atomic E-state index is 10.6. The maximum Gasteiger partial charge on any atom is 0.407 e. The number of hydrogen-bond acceptors (Lipinski definition) is 3. The predicted molar refractivity (Wildman–Crippen MR) is 34.7 cm³/mol. The molecule has 0 aromatic carbocycles. The highest BCUT2D eigenvalue weighted by Crippen LogP contribution is 2.22. The number of amides is 1. The van der Waals surface area contributed by atoms with Gasteiger partial charge in [0.15, 0.2) is 0 Å². The van der Waals surface area contributed by atoms with E-state index >= 15 is 0 Å². The number of ether oxygens (including phenoxy) is 1. The molecule has 2 aliphatic heterocycles. The molecule has 0 saturated carbocycles. The van der Waals surface area contributed by atoms with Gasteiger partial charge in [-0.3, -0.25) is 0 Å². The van der Waals surface area contributed by atoms with Crippen molar-refractivity contribution in [2.45, 2.75) is 12.0 Å². The first-order valence-corrected chi connectivity index (χ1v) is 3.48. The second-order valence-electron chi connectivity index (χ2n) is 2.85.